The lowest BCUT2D eigenvalue weighted by Crippen LogP contribution is -2.54. The highest BCUT2D eigenvalue weighted by Gasteiger charge is 2.33. The summed E-state index contributed by atoms with van der Waals surface area (Å²) in [4.78, 5) is 45.9. The molecule has 1 saturated carbocycles. The molecule has 0 N–H and O–H groups in total. The van der Waals surface area contributed by atoms with E-state index in [2.05, 4.69) is 81.6 Å². The second kappa shape index (κ2) is 11.5. The second-order valence-corrected chi connectivity index (χ2v) is 13.2. The Morgan fingerprint density at radius 1 is 1.02 bits per heavy atom. The van der Waals surface area contributed by atoms with Crippen LogP contribution in [0.3, 0.4) is 0 Å². The van der Waals surface area contributed by atoms with E-state index in [1.165, 1.54) is 28.0 Å². The van der Waals surface area contributed by atoms with Gasteiger partial charge in [0.1, 0.15) is 5.82 Å². The maximum Gasteiger partial charge on any atom is 0.355 e. The van der Waals surface area contributed by atoms with Crippen LogP contribution < -0.4 is 10.6 Å². The van der Waals surface area contributed by atoms with Gasteiger partial charge in [0.05, 0.1) is 22.5 Å². The Morgan fingerprint density at radius 3 is 2.48 bits per heavy atom. The molecule has 0 radical (unpaired) electrons. The fourth-order valence-corrected chi connectivity index (χ4v) is 7.10. The maximum absolute atomic E-state index is 14.4. The normalized spacial score (nSPS) is 16.9. The van der Waals surface area contributed by atoms with Gasteiger partial charge < -0.3 is 9.80 Å². The van der Waals surface area contributed by atoms with Gasteiger partial charge in [-0.3, -0.25) is 9.78 Å². The SMILES string of the molecule is C=CC(=O)N1CCN(c2nc(=O)n(-c3c(C)ccnc3C(C)C)c3nc(-c4cccc5cccc(C)c45)c(C4CC4)cc23)[C@@H](C)C1. The van der Waals surface area contributed by atoms with Gasteiger partial charge in [-0.05, 0) is 91.1 Å². The third-order valence-corrected chi connectivity index (χ3v) is 9.57. The number of amides is 1. The molecule has 2 fully saturated rings. The number of nitrogens with zero attached hydrogens (tertiary/aromatic N) is 6. The number of aryl methyl sites for hydroxylation is 2. The summed E-state index contributed by atoms with van der Waals surface area (Å²) >= 11 is 0. The predicted molar refractivity (Wildman–Crippen MR) is 185 cm³/mol. The Bertz CT molecular complexity index is 2090. The topological polar surface area (TPSA) is 84.2 Å². The lowest BCUT2D eigenvalue weighted by molar-refractivity contribution is -0.126. The van der Waals surface area contributed by atoms with E-state index in [0.717, 1.165) is 46.4 Å². The Hall–Kier alpha value is -4.85. The molecule has 1 amide bonds. The summed E-state index contributed by atoms with van der Waals surface area (Å²) in [5.41, 5.74) is 7.09. The number of carbonyl (C=O) groups is 1. The molecule has 1 aliphatic carbocycles. The number of piperazine rings is 1. The molecule has 46 heavy (non-hydrogen) atoms. The van der Waals surface area contributed by atoms with Crippen LogP contribution in [0.5, 0.6) is 0 Å². The van der Waals surface area contributed by atoms with Crippen LogP contribution in [-0.2, 0) is 4.79 Å². The van der Waals surface area contributed by atoms with Crippen molar-refractivity contribution in [1.29, 1.82) is 0 Å². The molecule has 1 aliphatic heterocycles. The number of hydrogen-bond donors (Lipinski definition) is 0. The summed E-state index contributed by atoms with van der Waals surface area (Å²) in [6.07, 6.45) is 5.37. The van der Waals surface area contributed by atoms with E-state index >= 15 is 0 Å². The zero-order chi connectivity index (χ0) is 32.3. The van der Waals surface area contributed by atoms with Crippen LogP contribution in [0.25, 0.3) is 38.8 Å². The van der Waals surface area contributed by atoms with Crippen LogP contribution in [0.2, 0.25) is 0 Å². The summed E-state index contributed by atoms with van der Waals surface area (Å²) in [5, 5.41) is 3.19. The first kappa shape index (κ1) is 29.8. The molecule has 3 aromatic heterocycles. The molecule has 0 unspecified atom stereocenters. The van der Waals surface area contributed by atoms with Crippen molar-refractivity contribution in [3.63, 3.8) is 0 Å². The molecule has 0 spiro atoms. The second-order valence-electron chi connectivity index (χ2n) is 13.2. The van der Waals surface area contributed by atoms with Gasteiger partial charge in [0.15, 0.2) is 5.65 Å². The average molecular weight is 613 g/mol. The van der Waals surface area contributed by atoms with Crippen molar-refractivity contribution in [2.75, 3.05) is 24.5 Å². The number of pyridine rings is 2. The van der Waals surface area contributed by atoms with Gasteiger partial charge in [-0.2, -0.15) is 4.98 Å². The van der Waals surface area contributed by atoms with Crippen molar-refractivity contribution in [2.45, 2.75) is 65.3 Å². The van der Waals surface area contributed by atoms with E-state index in [1.54, 1.807) is 15.7 Å². The molecule has 234 valence electrons. The van der Waals surface area contributed by atoms with E-state index in [4.69, 9.17) is 15.0 Å². The van der Waals surface area contributed by atoms with Gasteiger partial charge in [-0.25, -0.2) is 14.3 Å². The van der Waals surface area contributed by atoms with E-state index in [1.807, 2.05) is 13.0 Å². The van der Waals surface area contributed by atoms with Gasteiger partial charge in [0, 0.05) is 37.4 Å². The van der Waals surface area contributed by atoms with Crippen molar-refractivity contribution in [1.82, 2.24) is 24.4 Å². The third kappa shape index (κ3) is 4.96. The van der Waals surface area contributed by atoms with Crippen LogP contribution in [0.4, 0.5) is 5.82 Å². The molecule has 4 heterocycles. The summed E-state index contributed by atoms with van der Waals surface area (Å²) in [5.74, 6) is 1.01. The number of rotatable bonds is 6. The first-order valence-electron chi connectivity index (χ1n) is 16.3. The lowest BCUT2D eigenvalue weighted by Gasteiger charge is -2.40. The molecular weight excluding hydrogens is 572 g/mol. The molecule has 8 nitrogen and oxygen atoms in total. The van der Waals surface area contributed by atoms with Crippen LogP contribution >= 0.6 is 0 Å². The molecule has 0 bridgehead atoms. The minimum absolute atomic E-state index is 0.0558. The third-order valence-electron chi connectivity index (χ3n) is 9.57. The highest BCUT2D eigenvalue weighted by Crippen LogP contribution is 2.47. The molecular formula is C38H40N6O2. The number of anilines is 1. The fourth-order valence-electron chi connectivity index (χ4n) is 7.10. The first-order valence-corrected chi connectivity index (χ1v) is 16.3. The van der Waals surface area contributed by atoms with E-state index in [-0.39, 0.29) is 23.6 Å². The van der Waals surface area contributed by atoms with Crippen LogP contribution in [0.1, 0.15) is 67.8 Å². The first-order chi connectivity index (χ1) is 22.2. The van der Waals surface area contributed by atoms with Crippen molar-refractivity contribution >= 4 is 33.5 Å². The molecule has 1 saturated heterocycles. The Balaban J connectivity index is 1.56. The summed E-state index contributed by atoms with van der Waals surface area (Å²) in [6.45, 7) is 15.7. The predicted octanol–water partition coefficient (Wildman–Crippen LogP) is 6.84. The van der Waals surface area contributed by atoms with Gasteiger partial charge in [0.2, 0.25) is 5.91 Å². The maximum atomic E-state index is 14.4. The van der Waals surface area contributed by atoms with Crippen LogP contribution in [-0.4, -0.2) is 56.0 Å². The Morgan fingerprint density at radius 2 is 1.78 bits per heavy atom. The number of carbonyl (C=O) groups excluding carboxylic acids is 1. The fraction of sp³-hybridized carbons (Fsp3) is 0.342. The Kier molecular flexibility index (Phi) is 7.46. The smallest absolute Gasteiger partial charge is 0.350 e. The van der Waals surface area contributed by atoms with Crippen molar-refractivity contribution < 1.29 is 4.79 Å². The van der Waals surface area contributed by atoms with Gasteiger partial charge in [0.25, 0.3) is 0 Å². The molecule has 8 heteroatoms. The van der Waals surface area contributed by atoms with Crippen molar-refractivity contribution in [3.8, 4) is 16.9 Å². The lowest BCUT2D eigenvalue weighted by atomic mass is 9.94. The molecule has 7 rings (SSSR count). The highest BCUT2D eigenvalue weighted by atomic mass is 16.2. The number of fused-ring (bicyclic) bond motifs is 2. The van der Waals surface area contributed by atoms with E-state index < -0.39 is 0 Å². The minimum Gasteiger partial charge on any atom is -0.350 e. The zero-order valence-electron chi connectivity index (χ0n) is 27.2. The average Bonchev–Trinajstić information content (AvgIpc) is 3.89. The standard InChI is InChI=1S/C38H40N6O2/c1-7-31(45)42-18-19-43(25(6)21-42)36-30-20-29(26-14-15-26)34(28-13-9-12-27-11-8-10-23(4)32(27)28)40-37(30)44(38(46)41-36)35-24(5)16-17-39-33(35)22(2)3/h7-13,16-17,20,22,25-26H,1,14-15,18-19,21H2,2-6H3/t25-/m0/s1. The molecule has 5 aromatic rings. The number of hydrogen-bond acceptors (Lipinski definition) is 6. The highest BCUT2D eigenvalue weighted by molar-refractivity contribution is 6.01. The molecule has 2 aromatic carbocycles. The Labute approximate surface area is 269 Å². The van der Waals surface area contributed by atoms with Crippen molar-refractivity contribution in [2.24, 2.45) is 0 Å². The van der Waals surface area contributed by atoms with Crippen LogP contribution in [0, 0.1) is 13.8 Å². The minimum atomic E-state index is -0.385. The zero-order valence-corrected chi connectivity index (χ0v) is 27.2. The van der Waals surface area contributed by atoms with Gasteiger partial charge >= 0.3 is 5.69 Å². The summed E-state index contributed by atoms with van der Waals surface area (Å²) < 4.78 is 1.69. The van der Waals surface area contributed by atoms with Gasteiger partial charge in [-0.15, -0.1) is 0 Å². The number of benzene rings is 2. The van der Waals surface area contributed by atoms with E-state index in [0.29, 0.717) is 37.0 Å². The quantitative estimate of drug-likeness (QED) is 0.195. The molecule has 1 atom stereocenters. The van der Waals surface area contributed by atoms with Crippen LogP contribution in [0.15, 0.2) is 72.2 Å². The largest absolute Gasteiger partial charge is 0.355 e. The summed E-state index contributed by atoms with van der Waals surface area (Å²) in [6, 6.07) is 16.9. The van der Waals surface area contributed by atoms with E-state index in [9.17, 15) is 9.59 Å². The monoisotopic (exact) mass is 612 g/mol. The van der Waals surface area contributed by atoms with Gasteiger partial charge in [-0.1, -0.05) is 56.8 Å². The molecule has 2 aliphatic rings. The summed E-state index contributed by atoms with van der Waals surface area (Å²) in [7, 11) is 0. The number of aromatic nitrogens is 4. The van der Waals surface area contributed by atoms with Crippen molar-refractivity contribution in [3.05, 3.63) is 100 Å².